The molecule has 0 saturated heterocycles. The molecule has 0 bridgehead atoms. The van der Waals surface area contributed by atoms with Crippen LogP contribution < -0.4 is 0 Å². The second-order valence-electron chi connectivity index (χ2n) is 13.7. The van der Waals surface area contributed by atoms with Gasteiger partial charge in [0, 0.05) is 38.0 Å². The van der Waals surface area contributed by atoms with Crippen LogP contribution in [0.15, 0.2) is 182 Å². The van der Waals surface area contributed by atoms with Gasteiger partial charge in [-0.25, -0.2) is 4.85 Å². The van der Waals surface area contributed by atoms with Crippen molar-refractivity contribution in [3.05, 3.63) is 193 Å². The van der Waals surface area contributed by atoms with Gasteiger partial charge in [0.05, 0.1) is 51.0 Å². The molecule has 0 aliphatic rings. The maximum absolute atomic E-state index is 7.36. The largest absolute Gasteiger partial charge is 0.309 e. The third-order valence-electron chi connectivity index (χ3n) is 10.9. The van der Waals surface area contributed by atoms with Crippen molar-refractivity contribution in [2.24, 2.45) is 0 Å². The lowest BCUT2D eigenvalue weighted by molar-refractivity contribution is 1.13. The summed E-state index contributed by atoms with van der Waals surface area (Å²) in [5.41, 5.74) is 13.2. The Morgan fingerprint density at radius 3 is 1.23 bits per heavy atom. The second-order valence-corrected chi connectivity index (χ2v) is 13.7. The van der Waals surface area contributed by atoms with E-state index in [-0.39, 0.29) is 0 Å². The van der Waals surface area contributed by atoms with Crippen LogP contribution in [-0.4, -0.2) is 13.7 Å². The number of fused-ring (bicyclic) bond motifs is 9. The normalized spacial score (nSPS) is 11.8. The molecule has 246 valence electrons. The zero-order chi connectivity index (χ0) is 35.0. The molecule has 0 amide bonds. The van der Waals surface area contributed by atoms with Crippen molar-refractivity contribution in [2.45, 2.75) is 0 Å². The lowest BCUT2D eigenvalue weighted by atomic mass is 10.0. The van der Waals surface area contributed by atoms with E-state index >= 15 is 0 Å². The molecule has 0 aliphatic carbocycles. The zero-order valence-corrected chi connectivity index (χ0v) is 28.6. The van der Waals surface area contributed by atoms with Gasteiger partial charge in [0.25, 0.3) is 0 Å². The van der Waals surface area contributed by atoms with Gasteiger partial charge in [-0.1, -0.05) is 127 Å². The maximum Gasteiger partial charge on any atom is 0.187 e. The van der Waals surface area contributed by atoms with E-state index in [9.17, 15) is 0 Å². The van der Waals surface area contributed by atoms with E-state index in [0.29, 0.717) is 5.69 Å². The van der Waals surface area contributed by atoms with Crippen molar-refractivity contribution in [1.29, 1.82) is 0 Å². The first kappa shape index (κ1) is 29.4. The fraction of sp³-hybridized carbons (Fsp3) is 0. The van der Waals surface area contributed by atoms with Crippen LogP contribution in [0.3, 0.4) is 0 Å². The van der Waals surface area contributed by atoms with Crippen LogP contribution >= 0.6 is 0 Å². The van der Waals surface area contributed by atoms with E-state index in [0.717, 1.165) is 39.2 Å². The molecule has 0 aliphatic heterocycles. The summed E-state index contributed by atoms with van der Waals surface area (Å²) in [6.45, 7) is 7.36. The lowest BCUT2D eigenvalue weighted by Crippen LogP contribution is -2.01. The molecule has 11 aromatic rings. The molecule has 0 radical (unpaired) electrons. The van der Waals surface area contributed by atoms with Gasteiger partial charge < -0.3 is 13.7 Å². The van der Waals surface area contributed by atoms with Crippen molar-refractivity contribution in [2.75, 3.05) is 0 Å². The number of para-hydroxylation sites is 5. The number of nitrogens with zero attached hydrogens (tertiary/aromatic N) is 4. The van der Waals surface area contributed by atoms with Gasteiger partial charge in [0.15, 0.2) is 5.69 Å². The Morgan fingerprint density at radius 2 is 0.736 bits per heavy atom. The summed E-state index contributed by atoms with van der Waals surface area (Å²) in [5, 5.41) is 7.36. The molecule has 8 aromatic carbocycles. The minimum absolute atomic E-state index is 0.647. The quantitative estimate of drug-likeness (QED) is 0.166. The maximum atomic E-state index is 7.36. The molecule has 4 heteroatoms. The summed E-state index contributed by atoms with van der Waals surface area (Å²) in [7, 11) is 0. The molecule has 11 rings (SSSR count). The Balaban J connectivity index is 1.27. The SMILES string of the molecule is [C-]#[N+]c1ccc(-c2ccc(-n3c4ccccc4c4c(-n5c6ccccc6c6ccccc65)cc(-n5c6ccccc6c6ccccc65)cc43)cc2)cc1. The summed E-state index contributed by atoms with van der Waals surface area (Å²) in [6.07, 6.45) is 0. The molecule has 3 aromatic heterocycles. The monoisotopic (exact) mass is 674 g/mol. The van der Waals surface area contributed by atoms with Crippen LogP contribution in [0.2, 0.25) is 0 Å². The summed E-state index contributed by atoms with van der Waals surface area (Å²) in [6, 6.07) is 65.2. The van der Waals surface area contributed by atoms with E-state index in [2.05, 4.69) is 176 Å². The van der Waals surface area contributed by atoms with Crippen molar-refractivity contribution in [3.8, 4) is 28.2 Å². The molecule has 0 unspecified atom stereocenters. The zero-order valence-electron chi connectivity index (χ0n) is 28.6. The Labute approximate surface area is 305 Å². The van der Waals surface area contributed by atoms with Gasteiger partial charge in [0.1, 0.15) is 0 Å². The van der Waals surface area contributed by atoms with Crippen molar-refractivity contribution in [3.63, 3.8) is 0 Å². The van der Waals surface area contributed by atoms with E-state index in [1.807, 2.05) is 24.3 Å². The van der Waals surface area contributed by atoms with Crippen molar-refractivity contribution in [1.82, 2.24) is 13.7 Å². The predicted molar refractivity (Wildman–Crippen MR) is 221 cm³/mol. The average Bonchev–Trinajstić information content (AvgIpc) is 3.87. The molecule has 0 atom stereocenters. The molecule has 0 N–H and O–H groups in total. The van der Waals surface area contributed by atoms with Crippen molar-refractivity contribution >= 4 is 71.1 Å². The number of rotatable bonds is 4. The summed E-state index contributed by atoms with van der Waals surface area (Å²) in [5.74, 6) is 0. The van der Waals surface area contributed by atoms with E-state index < -0.39 is 0 Å². The van der Waals surface area contributed by atoms with Gasteiger partial charge in [-0.3, -0.25) is 0 Å². The molecular weight excluding hydrogens is 645 g/mol. The smallest absolute Gasteiger partial charge is 0.187 e. The Bertz CT molecular complexity index is 3170. The highest BCUT2D eigenvalue weighted by molar-refractivity contribution is 6.17. The highest BCUT2D eigenvalue weighted by Gasteiger charge is 2.22. The standard InChI is InChI=1S/C49H30N4/c1-50-34-26-22-32(23-27-34)33-24-28-35(29-25-33)51-46-21-11-6-16-41(46)49-47(51)30-36(52-42-17-7-2-12-37(42)38-13-3-8-18-43(38)52)31-48(49)53-44-19-9-4-14-39(44)40-15-5-10-20-45(40)53/h2-31H. The van der Waals surface area contributed by atoms with E-state index in [4.69, 9.17) is 6.57 Å². The van der Waals surface area contributed by atoms with Crippen LogP contribution in [0.4, 0.5) is 5.69 Å². The van der Waals surface area contributed by atoms with Crippen LogP contribution in [0.5, 0.6) is 0 Å². The lowest BCUT2D eigenvalue weighted by Gasteiger charge is -2.16. The Kier molecular flexibility index (Phi) is 6.28. The first-order chi connectivity index (χ1) is 26.3. The van der Waals surface area contributed by atoms with Crippen molar-refractivity contribution < 1.29 is 0 Å². The minimum atomic E-state index is 0.647. The predicted octanol–water partition coefficient (Wildman–Crippen LogP) is 13.2. The number of hydrogen-bond acceptors (Lipinski definition) is 0. The topological polar surface area (TPSA) is 19.1 Å². The van der Waals surface area contributed by atoms with Gasteiger partial charge in [-0.15, -0.1) is 0 Å². The number of aromatic nitrogens is 3. The molecule has 0 spiro atoms. The Morgan fingerprint density at radius 1 is 0.340 bits per heavy atom. The van der Waals surface area contributed by atoms with Crippen LogP contribution in [-0.2, 0) is 0 Å². The Hall–Kier alpha value is -7.35. The molecular formula is C49H30N4. The summed E-state index contributed by atoms with van der Waals surface area (Å²) in [4.78, 5) is 3.57. The summed E-state index contributed by atoms with van der Waals surface area (Å²) >= 11 is 0. The number of benzene rings is 8. The summed E-state index contributed by atoms with van der Waals surface area (Å²) < 4.78 is 7.32. The van der Waals surface area contributed by atoms with Gasteiger partial charge in [-0.2, -0.15) is 0 Å². The third-order valence-corrected chi connectivity index (χ3v) is 10.9. The van der Waals surface area contributed by atoms with E-state index in [1.54, 1.807) is 0 Å². The molecule has 53 heavy (non-hydrogen) atoms. The molecule has 0 fully saturated rings. The van der Waals surface area contributed by atoms with Crippen LogP contribution in [0.1, 0.15) is 0 Å². The molecule has 0 saturated carbocycles. The fourth-order valence-electron chi connectivity index (χ4n) is 8.56. The first-order valence-electron chi connectivity index (χ1n) is 17.9. The second kappa shape index (κ2) is 11.3. The third kappa shape index (κ3) is 4.29. The molecule has 4 nitrogen and oxygen atoms in total. The van der Waals surface area contributed by atoms with E-state index in [1.165, 1.54) is 54.4 Å². The highest BCUT2D eigenvalue weighted by Crippen LogP contribution is 2.43. The van der Waals surface area contributed by atoms with Gasteiger partial charge >= 0.3 is 0 Å². The highest BCUT2D eigenvalue weighted by atomic mass is 15.0. The minimum Gasteiger partial charge on any atom is -0.309 e. The first-order valence-corrected chi connectivity index (χ1v) is 17.9. The van der Waals surface area contributed by atoms with Gasteiger partial charge in [-0.05, 0) is 65.7 Å². The van der Waals surface area contributed by atoms with Crippen LogP contribution in [0.25, 0.3) is 98.5 Å². The van der Waals surface area contributed by atoms with Crippen LogP contribution in [0, 0.1) is 6.57 Å². The molecule has 3 heterocycles. The number of hydrogen-bond donors (Lipinski definition) is 0. The average molecular weight is 675 g/mol. The fourth-order valence-corrected chi connectivity index (χ4v) is 8.56. The van der Waals surface area contributed by atoms with Gasteiger partial charge in [0.2, 0.25) is 0 Å².